The summed E-state index contributed by atoms with van der Waals surface area (Å²) in [5.74, 6) is -0.186. The molecule has 0 saturated carbocycles. The minimum absolute atomic E-state index is 0. The topological polar surface area (TPSA) is 66.4 Å². The molecule has 19 heavy (non-hydrogen) atoms. The fourth-order valence-corrected chi connectivity index (χ4v) is 0.656. The summed E-state index contributed by atoms with van der Waals surface area (Å²) in [6, 6.07) is 0. The van der Waals surface area contributed by atoms with Crippen LogP contribution in [0.25, 0.3) is 0 Å². The minimum Gasteiger partial charge on any atom is -0.478 e. The molecular formula is C13H26BNO3Rb. The van der Waals surface area contributed by atoms with Gasteiger partial charge in [-0.3, -0.25) is 4.79 Å². The Hall–Kier alpha value is 0.550. The van der Waals surface area contributed by atoms with Gasteiger partial charge in [0.05, 0.1) is 0 Å². The van der Waals surface area contributed by atoms with Crippen molar-refractivity contribution < 1.29 is 72.9 Å². The second-order valence-electron chi connectivity index (χ2n) is 2.73. The van der Waals surface area contributed by atoms with Gasteiger partial charge in [-0.25, -0.2) is 4.79 Å². The van der Waals surface area contributed by atoms with E-state index in [1.54, 1.807) is 0 Å². The van der Waals surface area contributed by atoms with E-state index in [2.05, 4.69) is 5.32 Å². The van der Waals surface area contributed by atoms with E-state index in [4.69, 9.17) is 5.11 Å². The summed E-state index contributed by atoms with van der Waals surface area (Å²) in [5, 5.41) is 10.6. The molecule has 0 spiro atoms. The van der Waals surface area contributed by atoms with E-state index in [1.807, 2.05) is 41.5 Å². The molecule has 0 fully saturated rings. The number of nitrogens with one attached hydrogen (secondary N) is 1. The van der Waals surface area contributed by atoms with Gasteiger partial charge in [0.1, 0.15) is 0 Å². The van der Waals surface area contributed by atoms with E-state index in [0.29, 0.717) is 6.42 Å². The van der Waals surface area contributed by atoms with E-state index in [9.17, 15) is 9.59 Å². The number of carboxylic acids is 1. The summed E-state index contributed by atoms with van der Waals surface area (Å²) < 4.78 is 0. The second kappa shape index (κ2) is 27.0. The molecule has 0 unspecified atom stereocenters. The van der Waals surface area contributed by atoms with Crippen molar-refractivity contribution in [3.05, 3.63) is 18.2 Å². The Morgan fingerprint density at radius 3 is 1.95 bits per heavy atom. The SMILES string of the molecule is CC.CC.CC[C-](C)CC(=O)NC=CC(=O)O.[B].[Rb+]. The van der Waals surface area contributed by atoms with Crippen LogP contribution in [0.4, 0.5) is 0 Å². The van der Waals surface area contributed by atoms with Crippen LogP contribution in [0.1, 0.15) is 54.4 Å². The third-order valence-electron chi connectivity index (χ3n) is 1.54. The van der Waals surface area contributed by atoms with Crippen LogP contribution in [0.15, 0.2) is 12.3 Å². The Labute approximate surface area is 169 Å². The van der Waals surface area contributed by atoms with Gasteiger partial charge >= 0.3 is 64.2 Å². The van der Waals surface area contributed by atoms with Crippen LogP contribution < -0.4 is 63.5 Å². The minimum atomic E-state index is -1.07. The monoisotopic (exact) mass is 340 g/mol. The average molecular weight is 341 g/mol. The molecule has 0 aromatic heterocycles. The van der Waals surface area contributed by atoms with Gasteiger partial charge in [0, 0.05) is 20.7 Å². The molecule has 6 heteroatoms. The standard InChI is InChI=1S/C9H14NO3.2C2H6.B.Rb/c1-3-7(2)6-8(11)10-5-4-9(12)13;2*1-2;;/h4-5H,3,6H2,1-2H3,(H,10,11)(H,12,13);2*1-2H3;;/q-1;;;;+1. The zero-order valence-electron chi connectivity index (χ0n) is 13.4. The number of amides is 1. The maximum Gasteiger partial charge on any atom is 1.00 e. The van der Waals surface area contributed by atoms with Gasteiger partial charge in [0.2, 0.25) is 0 Å². The first-order chi connectivity index (χ1) is 8.06. The maximum atomic E-state index is 11.0. The van der Waals surface area contributed by atoms with E-state index in [1.165, 1.54) is 0 Å². The Kier molecular flexibility index (Phi) is 45.1. The van der Waals surface area contributed by atoms with Crippen LogP contribution in [0.5, 0.6) is 0 Å². The van der Waals surface area contributed by atoms with Crippen LogP contribution in [0, 0.1) is 5.92 Å². The number of carboxylic acid groups (broad SMARTS) is 1. The van der Waals surface area contributed by atoms with E-state index in [0.717, 1.165) is 24.6 Å². The third kappa shape index (κ3) is 32.3. The molecule has 0 saturated heterocycles. The van der Waals surface area contributed by atoms with Crippen molar-refractivity contribution in [2.24, 2.45) is 0 Å². The van der Waals surface area contributed by atoms with Crippen LogP contribution >= 0.6 is 0 Å². The zero-order valence-corrected chi connectivity index (χ0v) is 18.3. The summed E-state index contributed by atoms with van der Waals surface area (Å²) in [6.07, 6.45) is 3.23. The first-order valence-corrected chi connectivity index (χ1v) is 6.06. The summed E-state index contributed by atoms with van der Waals surface area (Å²) in [4.78, 5) is 21.0. The van der Waals surface area contributed by atoms with Crippen molar-refractivity contribution >= 4 is 20.3 Å². The molecule has 0 rings (SSSR count). The fourth-order valence-electron chi connectivity index (χ4n) is 0.656. The van der Waals surface area contributed by atoms with E-state index < -0.39 is 5.97 Å². The van der Waals surface area contributed by atoms with Gasteiger partial charge in [0.25, 0.3) is 0 Å². The van der Waals surface area contributed by atoms with Crippen LogP contribution in [-0.2, 0) is 9.59 Å². The molecule has 1 amide bonds. The van der Waals surface area contributed by atoms with Crippen molar-refractivity contribution in [1.82, 2.24) is 5.32 Å². The van der Waals surface area contributed by atoms with Crippen molar-refractivity contribution in [3.63, 3.8) is 0 Å². The van der Waals surface area contributed by atoms with Crippen LogP contribution in [0.3, 0.4) is 0 Å². The molecule has 3 radical (unpaired) electrons. The summed E-state index contributed by atoms with van der Waals surface area (Å²) in [6.45, 7) is 11.9. The van der Waals surface area contributed by atoms with Gasteiger partial charge in [-0.2, -0.15) is 13.3 Å². The average Bonchev–Trinajstić information content (AvgIpc) is 2.33. The smallest absolute Gasteiger partial charge is 0.478 e. The maximum absolute atomic E-state index is 11.0. The Balaban J connectivity index is -0.0000000988. The molecular weight excluding hydrogens is 314 g/mol. The zero-order chi connectivity index (χ0) is 14.3. The molecule has 0 atom stereocenters. The third-order valence-corrected chi connectivity index (χ3v) is 1.54. The molecule has 4 nitrogen and oxygen atoms in total. The quantitative estimate of drug-likeness (QED) is 0.413. The first-order valence-electron chi connectivity index (χ1n) is 6.06. The van der Waals surface area contributed by atoms with Crippen molar-refractivity contribution in [3.8, 4) is 0 Å². The molecule has 0 aliphatic carbocycles. The summed E-state index contributed by atoms with van der Waals surface area (Å²) >= 11 is 0. The predicted molar refractivity (Wildman–Crippen MR) is 77.2 cm³/mol. The molecule has 0 aromatic carbocycles. The molecule has 0 aliphatic heterocycles. The summed E-state index contributed by atoms with van der Waals surface area (Å²) in [5.41, 5.74) is 0. The normalized spacial score (nSPS) is 7.95. The Morgan fingerprint density at radius 1 is 1.21 bits per heavy atom. The van der Waals surface area contributed by atoms with Gasteiger partial charge in [-0.1, -0.05) is 41.0 Å². The Bertz CT molecular complexity index is 224. The number of aliphatic carboxylic acids is 1. The van der Waals surface area contributed by atoms with E-state index in [-0.39, 0.29) is 72.5 Å². The number of rotatable bonds is 5. The van der Waals surface area contributed by atoms with Gasteiger partial charge in [-0.05, 0) is 0 Å². The van der Waals surface area contributed by atoms with Gasteiger partial charge < -0.3 is 16.3 Å². The number of hydrogen-bond donors (Lipinski definition) is 2. The number of carbonyl (C=O) groups is 2. The first kappa shape index (κ1) is 31.8. The number of hydrogen-bond acceptors (Lipinski definition) is 2. The Morgan fingerprint density at radius 2 is 1.63 bits per heavy atom. The van der Waals surface area contributed by atoms with Crippen molar-refractivity contribution in [2.75, 3.05) is 0 Å². The predicted octanol–water partition coefficient (Wildman–Crippen LogP) is -0.229. The number of carbonyl (C=O) groups excluding carboxylic acids is 1. The molecule has 0 aliphatic rings. The molecule has 105 valence electrons. The van der Waals surface area contributed by atoms with Crippen LogP contribution in [0.2, 0.25) is 0 Å². The van der Waals surface area contributed by atoms with Crippen LogP contribution in [-0.4, -0.2) is 25.4 Å². The van der Waals surface area contributed by atoms with E-state index >= 15 is 0 Å². The largest absolute Gasteiger partial charge is 1.00 e. The molecule has 0 aromatic rings. The molecule has 0 heterocycles. The fraction of sp³-hybridized carbons (Fsp3) is 0.615. The molecule has 2 N–H and O–H groups in total. The van der Waals surface area contributed by atoms with Crippen molar-refractivity contribution in [2.45, 2.75) is 54.4 Å². The van der Waals surface area contributed by atoms with Crippen molar-refractivity contribution in [1.29, 1.82) is 0 Å². The molecule has 0 bridgehead atoms. The van der Waals surface area contributed by atoms with Gasteiger partial charge in [0.15, 0.2) is 5.91 Å². The second-order valence-corrected chi connectivity index (χ2v) is 2.73. The summed E-state index contributed by atoms with van der Waals surface area (Å²) in [7, 11) is 0. The van der Waals surface area contributed by atoms with Gasteiger partial charge in [-0.15, -0.1) is 0 Å².